The predicted octanol–water partition coefficient (Wildman–Crippen LogP) is 2.07. The minimum atomic E-state index is -1.01. The fraction of sp³-hybridized carbons (Fsp3) is 0.611. The van der Waals surface area contributed by atoms with Crippen molar-refractivity contribution in [3.05, 3.63) is 23.9 Å². The van der Waals surface area contributed by atoms with Crippen LogP contribution in [-0.2, 0) is 9.53 Å². The molecule has 1 fully saturated rings. The lowest BCUT2D eigenvalue weighted by atomic mass is 10.1. The maximum Gasteiger partial charge on any atom is 0.326 e. The molecule has 0 radical (unpaired) electrons. The van der Waals surface area contributed by atoms with Crippen molar-refractivity contribution >= 4 is 17.7 Å². The van der Waals surface area contributed by atoms with Crippen molar-refractivity contribution in [2.24, 2.45) is 0 Å². The van der Waals surface area contributed by atoms with E-state index in [1.165, 1.54) is 6.20 Å². The lowest BCUT2D eigenvalue weighted by Gasteiger charge is -2.36. The van der Waals surface area contributed by atoms with Crippen molar-refractivity contribution in [1.29, 1.82) is 0 Å². The normalized spacial score (nSPS) is 21.6. The summed E-state index contributed by atoms with van der Waals surface area (Å²) in [4.78, 5) is 30.0. The van der Waals surface area contributed by atoms with E-state index in [9.17, 15) is 14.7 Å². The maximum atomic E-state index is 12.3. The van der Waals surface area contributed by atoms with Crippen molar-refractivity contribution < 1.29 is 19.4 Å². The fourth-order valence-electron chi connectivity index (χ4n) is 2.98. The predicted molar refractivity (Wildman–Crippen MR) is 94.9 cm³/mol. The molecule has 0 aliphatic carbocycles. The number of nitrogens with one attached hydrogen (secondary N) is 1. The average molecular weight is 349 g/mol. The standard InChI is InChI=1S/C18H27N3O4/c1-4-5-6-15(18(23)24)20-17(22)14-7-8-16(19-9-14)21-10-12(2)25-13(3)11-21/h7-9,12-13,15H,4-6,10-11H2,1-3H3,(H,20,22)(H,23,24)/t12?,13?,15-/m0/s1. The molecule has 0 aromatic carbocycles. The Morgan fingerprint density at radius 1 is 1.36 bits per heavy atom. The lowest BCUT2D eigenvalue weighted by molar-refractivity contribution is -0.139. The number of aliphatic carboxylic acids is 1. The second-order valence-corrected chi connectivity index (χ2v) is 6.57. The number of anilines is 1. The molecule has 2 N–H and O–H groups in total. The van der Waals surface area contributed by atoms with E-state index < -0.39 is 17.9 Å². The number of hydrogen-bond donors (Lipinski definition) is 2. The monoisotopic (exact) mass is 349 g/mol. The van der Waals surface area contributed by atoms with E-state index >= 15 is 0 Å². The molecular formula is C18H27N3O4. The number of carbonyl (C=O) groups is 2. The Balaban J connectivity index is 2.00. The van der Waals surface area contributed by atoms with Crippen LogP contribution in [0.25, 0.3) is 0 Å². The number of aromatic nitrogens is 1. The van der Waals surface area contributed by atoms with Crippen LogP contribution in [0.4, 0.5) is 5.82 Å². The topological polar surface area (TPSA) is 91.8 Å². The Morgan fingerprint density at radius 2 is 2.04 bits per heavy atom. The summed E-state index contributed by atoms with van der Waals surface area (Å²) < 4.78 is 5.71. The molecule has 0 spiro atoms. The number of ether oxygens (including phenoxy) is 1. The van der Waals surface area contributed by atoms with Crippen LogP contribution in [-0.4, -0.2) is 53.3 Å². The molecule has 7 nitrogen and oxygen atoms in total. The largest absolute Gasteiger partial charge is 0.480 e. The number of carboxylic acids is 1. The first-order valence-electron chi connectivity index (χ1n) is 8.80. The van der Waals surface area contributed by atoms with Gasteiger partial charge in [-0.25, -0.2) is 9.78 Å². The summed E-state index contributed by atoms with van der Waals surface area (Å²) in [6, 6.07) is 2.61. The number of amides is 1. The molecule has 2 heterocycles. The van der Waals surface area contributed by atoms with Crippen LogP contribution < -0.4 is 10.2 Å². The van der Waals surface area contributed by atoms with Crippen LogP contribution in [0.5, 0.6) is 0 Å². The summed E-state index contributed by atoms with van der Waals surface area (Å²) in [6.45, 7) is 7.53. The van der Waals surface area contributed by atoms with Crippen molar-refractivity contribution in [3.63, 3.8) is 0 Å². The van der Waals surface area contributed by atoms with Crippen LogP contribution in [0.2, 0.25) is 0 Å². The first-order valence-corrected chi connectivity index (χ1v) is 8.80. The van der Waals surface area contributed by atoms with Gasteiger partial charge in [0, 0.05) is 19.3 Å². The number of unbranched alkanes of at least 4 members (excludes halogenated alkanes) is 1. The minimum Gasteiger partial charge on any atom is -0.480 e. The number of hydrogen-bond acceptors (Lipinski definition) is 5. The molecule has 0 bridgehead atoms. The summed E-state index contributed by atoms with van der Waals surface area (Å²) in [5.74, 6) is -0.631. The molecule has 25 heavy (non-hydrogen) atoms. The third-order valence-corrected chi connectivity index (χ3v) is 4.20. The fourth-order valence-corrected chi connectivity index (χ4v) is 2.98. The smallest absolute Gasteiger partial charge is 0.326 e. The molecule has 1 aliphatic rings. The van der Waals surface area contributed by atoms with Gasteiger partial charge in [-0.2, -0.15) is 0 Å². The van der Waals surface area contributed by atoms with E-state index in [1.54, 1.807) is 12.1 Å². The third kappa shape index (κ3) is 5.42. The highest BCUT2D eigenvalue weighted by Gasteiger charge is 2.24. The molecule has 2 rings (SSSR count). The van der Waals surface area contributed by atoms with Crippen molar-refractivity contribution in [2.75, 3.05) is 18.0 Å². The maximum absolute atomic E-state index is 12.3. The Labute approximate surface area is 148 Å². The molecule has 3 atom stereocenters. The van der Waals surface area contributed by atoms with Crippen molar-refractivity contribution in [3.8, 4) is 0 Å². The highest BCUT2D eigenvalue weighted by Crippen LogP contribution is 2.18. The highest BCUT2D eigenvalue weighted by atomic mass is 16.5. The summed E-state index contributed by atoms with van der Waals surface area (Å²) >= 11 is 0. The van der Waals surface area contributed by atoms with Gasteiger partial charge in [-0.3, -0.25) is 4.79 Å². The number of carboxylic acid groups (broad SMARTS) is 1. The van der Waals surface area contributed by atoms with E-state index in [1.807, 2.05) is 20.8 Å². The highest BCUT2D eigenvalue weighted by molar-refractivity contribution is 5.96. The minimum absolute atomic E-state index is 0.128. The summed E-state index contributed by atoms with van der Waals surface area (Å²) in [5.41, 5.74) is 0.362. The van der Waals surface area contributed by atoms with Crippen LogP contribution in [0.15, 0.2) is 18.3 Å². The van der Waals surface area contributed by atoms with Gasteiger partial charge in [0.05, 0.1) is 17.8 Å². The Morgan fingerprint density at radius 3 is 2.56 bits per heavy atom. The van der Waals surface area contributed by atoms with Gasteiger partial charge >= 0.3 is 5.97 Å². The van der Waals surface area contributed by atoms with Gasteiger partial charge in [-0.1, -0.05) is 19.8 Å². The SMILES string of the molecule is CCCC[C@H](NC(=O)c1ccc(N2CC(C)OC(C)C2)nc1)C(=O)O. The van der Waals surface area contributed by atoms with Crippen molar-refractivity contribution in [1.82, 2.24) is 10.3 Å². The number of carbonyl (C=O) groups excluding carboxylic acids is 1. The van der Waals surface area contributed by atoms with E-state index in [-0.39, 0.29) is 12.2 Å². The quantitative estimate of drug-likeness (QED) is 0.783. The van der Waals surface area contributed by atoms with Gasteiger partial charge < -0.3 is 20.1 Å². The average Bonchev–Trinajstić information content (AvgIpc) is 2.57. The number of morpholine rings is 1. The van der Waals surface area contributed by atoms with Gasteiger partial charge in [0.1, 0.15) is 11.9 Å². The molecule has 1 aromatic heterocycles. The molecule has 0 saturated carbocycles. The van der Waals surface area contributed by atoms with Crippen LogP contribution in [0, 0.1) is 0 Å². The Kier molecular flexibility index (Phi) is 6.75. The number of nitrogens with zero attached hydrogens (tertiary/aromatic N) is 2. The Hall–Kier alpha value is -2.15. The van der Waals surface area contributed by atoms with Crippen LogP contribution >= 0.6 is 0 Å². The Bertz CT molecular complexity index is 580. The van der Waals surface area contributed by atoms with Gasteiger partial charge in [0.15, 0.2) is 0 Å². The van der Waals surface area contributed by atoms with Gasteiger partial charge in [0.2, 0.25) is 0 Å². The molecule has 1 aliphatic heterocycles. The van der Waals surface area contributed by atoms with Crippen molar-refractivity contribution in [2.45, 2.75) is 58.3 Å². The number of rotatable bonds is 7. The molecule has 1 aromatic rings. The van der Waals surface area contributed by atoms with E-state index in [0.717, 1.165) is 31.7 Å². The molecule has 2 unspecified atom stereocenters. The van der Waals surface area contributed by atoms with E-state index in [4.69, 9.17) is 4.74 Å². The molecular weight excluding hydrogens is 322 g/mol. The van der Waals surface area contributed by atoms with Crippen LogP contribution in [0.3, 0.4) is 0 Å². The zero-order chi connectivity index (χ0) is 18.4. The summed E-state index contributed by atoms with van der Waals surface area (Å²) in [6.07, 6.45) is 3.81. The van der Waals surface area contributed by atoms with E-state index in [2.05, 4.69) is 15.2 Å². The molecule has 7 heteroatoms. The van der Waals surface area contributed by atoms with Gasteiger partial charge in [0.25, 0.3) is 5.91 Å². The number of pyridine rings is 1. The van der Waals surface area contributed by atoms with Gasteiger partial charge in [-0.05, 0) is 32.4 Å². The molecule has 1 saturated heterocycles. The zero-order valence-electron chi connectivity index (χ0n) is 15.1. The zero-order valence-corrected chi connectivity index (χ0v) is 15.1. The second-order valence-electron chi connectivity index (χ2n) is 6.57. The molecule has 138 valence electrons. The molecule has 1 amide bonds. The summed E-state index contributed by atoms with van der Waals surface area (Å²) in [7, 11) is 0. The van der Waals surface area contributed by atoms with E-state index in [0.29, 0.717) is 12.0 Å². The first kappa shape index (κ1) is 19.2. The lowest BCUT2D eigenvalue weighted by Crippen LogP contribution is -2.45. The second kappa shape index (κ2) is 8.80. The van der Waals surface area contributed by atoms with Gasteiger partial charge in [-0.15, -0.1) is 0 Å². The third-order valence-electron chi connectivity index (χ3n) is 4.20. The first-order chi connectivity index (χ1) is 11.9. The van der Waals surface area contributed by atoms with Crippen LogP contribution in [0.1, 0.15) is 50.4 Å². The summed E-state index contributed by atoms with van der Waals surface area (Å²) in [5, 5.41) is 11.8.